The first kappa shape index (κ1) is 30.0. The number of carbonyl (C=O) groups excluding carboxylic acids is 1. The topological polar surface area (TPSA) is 96.2 Å². The van der Waals surface area contributed by atoms with Crippen LogP contribution in [-0.4, -0.2) is 54.0 Å². The molecule has 0 saturated heterocycles. The summed E-state index contributed by atoms with van der Waals surface area (Å²) >= 11 is 0. The number of rotatable bonds is 19. The third-order valence-electron chi connectivity index (χ3n) is 6.07. The molecule has 1 rings (SSSR count). The zero-order valence-corrected chi connectivity index (χ0v) is 21.1. The van der Waals surface area contributed by atoms with E-state index in [4.69, 9.17) is 19.7 Å². The van der Waals surface area contributed by atoms with Gasteiger partial charge in [-0.05, 0) is 67.6 Å². The van der Waals surface area contributed by atoms with Crippen LogP contribution in [0.4, 0.5) is 0 Å². The Labute approximate surface area is 205 Å². The molecule has 1 aromatic rings. The number of hydrogen-bond acceptors (Lipinski definition) is 6. The molecule has 0 aliphatic heterocycles. The van der Waals surface area contributed by atoms with Crippen molar-refractivity contribution in [1.29, 1.82) is 0 Å². The molecule has 0 fully saturated rings. The number of benzene rings is 1. The van der Waals surface area contributed by atoms with E-state index in [1.165, 1.54) is 36.0 Å². The van der Waals surface area contributed by atoms with E-state index in [9.17, 15) is 9.90 Å². The van der Waals surface area contributed by atoms with Gasteiger partial charge in [-0.3, -0.25) is 0 Å². The van der Waals surface area contributed by atoms with Crippen LogP contribution in [0, 0.1) is 0 Å². The summed E-state index contributed by atoms with van der Waals surface area (Å²) in [4.78, 5) is 11.7. The number of aryl methyl sites for hydroxylation is 2. The molecule has 1 aromatic carbocycles. The van der Waals surface area contributed by atoms with Gasteiger partial charge in [0, 0.05) is 5.57 Å². The van der Waals surface area contributed by atoms with E-state index in [0.717, 1.165) is 32.1 Å². The molecular weight excluding hydrogens is 432 g/mol. The second-order valence-electron chi connectivity index (χ2n) is 8.76. The third kappa shape index (κ3) is 11.0. The average molecular weight is 477 g/mol. The highest BCUT2D eigenvalue weighted by Crippen LogP contribution is 2.29. The Morgan fingerprint density at radius 1 is 0.971 bits per heavy atom. The molecule has 6 heteroatoms. The summed E-state index contributed by atoms with van der Waals surface area (Å²) in [7, 11) is 0. The number of ether oxygens (including phenoxy) is 2. The van der Waals surface area contributed by atoms with Crippen molar-refractivity contribution >= 4 is 5.97 Å². The first-order chi connectivity index (χ1) is 16.4. The Kier molecular flexibility index (Phi) is 15.4. The molecular formula is C28H44O6. The summed E-state index contributed by atoms with van der Waals surface area (Å²) in [6.07, 6.45) is 7.71. The molecule has 2 atom stereocenters. The van der Waals surface area contributed by atoms with Crippen LogP contribution >= 0.6 is 0 Å². The maximum Gasteiger partial charge on any atom is 0.335 e. The van der Waals surface area contributed by atoms with Crippen LogP contribution in [0.2, 0.25) is 0 Å². The Bertz CT molecular complexity index is 757. The minimum absolute atomic E-state index is 0.0583. The SMILES string of the molecule is C=C(CO)C(=O)OCCCC(CCCOC(O)C(=C)CO)c1ccc(CCCCC)c(CC)c1. The summed E-state index contributed by atoms with van der Waals surface area (Å²) in [6.45, 7) is 11.4. The molecule has 0 aliphatic rings. The lowest BCUT2D eigenvalue weighted by molar-refractivity contribution is -0.139. The maximum absolute atomic E-state index is 11.7. The van der Waals surface area contributed by atoms with Crippen molar-refractivity contribution in [2.45, 2.75) is 83.8 Å². The van der Waals surface area contributed by atoms with Crippen LogP contribution in [0.25, 0.3) is 0 Å². The number of aliphatic hydroxyl groups excluding tert-OH is 3. The standard InChI is InChI=1S/C28H44O6/c1-5-7-8-11-25-14-15-26(18-23(25)6-2)24(12-9-16-33-27(31)21(3)19-29)13-10-17-34-28(32)22(4)20-30/h14-15,18,24,27,29-31H,3-13,16-17,19-20H2,1-2H3. The molecule has 0 heterocycles. The van der Waals surface area contributed by atoms with Gasteiger partial charge in [0.1, 0.15) is 0 Å². The van der Waals surface area contributed by atoms with E-state index in [1.54, 1.807) is 0 Å². The summed E-state index contributed by atoms with van der Waals surface area (Å²) in [6, 6.07) is 6.79. The lowest BCUT2D eigenvalue weighted by atomic mass is 9.87. The molecule has 2 unspecified atom stereocenters. The van der Waals surface area contributed by atoms with E-state index in [1.807, 2.05) is 0 Å². The predicted octanol–water partition coefficient (Wildman–Crippen LogP) is 4.60. The number of carbonyl (C=O) groups is 1. The quantitative estimate of drug-likeness (QED) is 0.0888. The Balaban J connectivity index is 2.79. The predicted molar refractivity (Wildman–Crippen MR) is 136 cm³/mol. The first-order valence-corrected chi connectivity index (χ1v) is 12.5. The van der Waals surface area contributed by atoms with Crippen LogP contribution in [0.15, 0.2) is 42.5 Å². The highest BCUT2D eigenvalue weighted by molar-refractivity contribution is 5.87. The first-order valence-electron chi connectivity index (χ1n) is 12.5. The van der Waals surface area contributed by atoms with Crippen molar-refractivity contribution in [3.8, 4) is 0 Å². The van der Waals surface area contributed by atoms with Gasteiger partial charge in [0.2, 0.25) is 0 Å². The molecule has 6 nitrogen and oxygen atoms in total. The highest BCUT2D eigenvalue weighted by atomic mass is 16.6. The van der Waals surface area contributed by atoms with Crippen LogP contribution in [0.3, 0.4) is 0 Å². The van der Waals surface area contributed by atoms with Gasteiger partial charge in [-0.1, -0.05) is 58.0 Å². The van der Waals surface area contributed by atoms with Crippen molar-refractivity contribution in [1.82, 2.24) is 0 Å². The highest BCUT2D eigenvalue weighted by Gasteiger charge is 2.16. The maximum atomic E-state index is 11.7. The minimum Gasteiger partial charge on any atom is -0.462 e. The number of unbranched alkanes of at least 4 members (excludes halogenated alkanes) is 2. The molecule has 0 bridgehead atoms. The van der Waals surface area contributed by atoms with Crippen molar-refractivity contribution in [2.75, 3.05) is 26.4 Å². The minimum atomic E-state index is -1.16. The van der Waals surface area contributed by atoms with Gasteiger partial charge in [0.15, 0.2) is 6.29 Å². The van der Waals surface area contributed by atoms with Crippen molar-refractivity contribution in [2.24, 2.45) is 0 Å². The van der Waals surface area contributed by atoms with E-state index in [2.05, 4.69) is 45.2 Å². The smallest absolute Gasteiger partial charge is 0.335 e. The fraction of sp³-hybridized carbons (Fsp3) is 0.607. The largest absolute Gasteiger partial charge is 0.462 e. The number of esters is 1. The summed E-state index contributed by atoms with van der Waals surface area (Å²) < 4.78 is 10.6. The van der Waals surface area contributed by atoms with Crippen molar-refractivity contribution in [3.05, 3.63) is 59.2 Å². The molecule has 192 valence electrons. The molecule has 0 amide bonds. The molecule has 0 saturated carbocycles. The zero-order valence-electron chi connectivity index (χ0n) is 21.1. The van der Waals surface area contributed by atoms with Gasteiger partial charge in [-0.2, -0.15) is 0 Å². The van der Waals surface area contributed by atoms with E-state index in [-0.39, 0.29) is 30.3 Å². The summed E-state index contributed by atoms with van der Waals surface area (Å²) in [5.41, 5.74) is 4.37. The van der Waals surface area contributed by atoms with Crippen molar-refractivity contribution in [3.63, 3.8) is 0 Å². The van der Waals surface area contributed by atoms with Crippen LogP contribution in [0.1, 0.15) is 81.4 Å². The summed E-state index contributed by atoms with van der Waals surface area (Å²) in [5.74, 6) is -0.299. The summed E-state index contributed by atoms with van der Waals surface area (Å²) in [5, 5.41) is 27.9. The van der Waals surface area contributed by atoms with Gasteiger partial charge < -0.3 is 24.8 Å². The van der Waals surface area contributed by atoms with Gasteiger partial charge in [-0.25, -0.2) is 4.79 Å². The van der Waals surface area contributed by atoms with Crippen LogP contribution in [0.5, 0.6) is 0 Å². The fourth-order valence-electron chi connectivity index (χ4n) is 3.90. The van der Waals surface area contributed by atoms with Gasteiger partial charge in [0.05, 0.1) is 32.0 Å². The monoisotopic (exact) mass is 476 g/mol. The zero-order chi connectivity index (χ0) is 25.3. The van der Waals surface area contributed by atoms with E-state index >= 15 is 0 Å². The van der Waals surface area contributed by atoms with Crippen LogP contribution < -0.4 is 0 Å². The molecule has 0 aromatic heterocycles. The Morgan fingerprint density at radius 2 is 1.68 bits per heavy atom. The molecule has 0 aliphatic carbocycles. The molecule has 0 radical (unpaired) electrons. The third-order valence-corrected chi connectivity index (χ3v) is 6.07. The van der Waals surface area contributed by atoms with Gasteiger partial charge in [-0.15, -0.1) is 0 Å². The lowest BCUT2D eigenvalue weighted by Gasteiger charge is -2.20. The number of aliphatic hydroxyl groups is 3. The van der Waals surface area contributed by atoms with Gasteiger partial charge >= 0.3 is 5.97 Å². The second-order valence-corrected chi connectivity index (χ2v) is 8.76. The van der Waals surface area contributed by atoms with Gasteiger partial charge in [0.25, 0.3) is 0 Å². The molecule has 34 heavy (non-hydrogen) atoms. The fourth-order valence-corrected chi connectivity index (χ4v) is 3.90. The van der Waals surface area contributed by atoms with Crippen LogP contribution in [-0.2, 0) is 27.1 Å². The number of hydrogen-bond donors (Lipinski definition) is 3. The Hall–Kier alpha value is -1.99. The van der Waals surface area contributed by atoms with E-state index < -0.39 is 18.9 Å². The molecule has 0 spiro atoms. The average Bonchev–Trinajstić information content (AvgIpc) is 2.86. The molecule has 3 N–H and O–H groups in total. The second kappa shape index (κ2) is 17.4. The lowest BCUT2D eigenvalue weighted by Crippen LogP contribution is -2.17. The van der Waals surface area contributed by atoms with Crippen molar-refractivity contribution < 1.29 is 29.6 Å². The van der Waals surface area contributed by atoms with E-state index in [0.29, 0.717) is 13.0 Å². The Morgan fingerprint density at radius 3 is 2.29 bits per heavy atom. The normalized spacial score (nSPS) is 12.9.